The van der Waals surface area contributed by atoms with Crippen LogP contribution in [0.25, 0.3) is 0 Å². The summed E-state index contributed by atoms with van der Waals surface area (Å²) < 4.78 is 0.956. The Kier molecular flexibility index (Phi) is 6.58. The largest absolute Gasteiger partial charge is 0.383 e. The molecule has 0 saturated carbocycles. The quantitative estimate of drug-likeness (QED) is 0.252. The van der Waals surface area contributed by atoms with Crippen LogP contribution in [0.1, 0.15) is 28.8 Å². The lowest BCUT2D eigenvalue weighted by atomic mass is 10.0. The lowest BCUT2D eigenvalue weighted by Gasteiger charge is -2.29. The summed E-state index contributed by atoms with van der Waals surface area (Å²) in [7, 11) is 0. The molecular formula is C22H22IN5O4. The van der Waals surface area contributed by atoms with Gasteiger partial charge in [-0.05, 0) is 64.9 Å². The van der Waals surface area contributed by atoms with E-state index in [0.717, 1.165) is 20.5 Å². The Morgan fingerprint density at radius 1 is 1.12 bits per heavy atom. The molecule has 1 saturated heterocycles. The van der Waals surface area contributed by atoms with Crippen LogP contribution in [0.5, 0.6) is 0 Å². The maximum Gasteiger partial charge on any atom is 0.319 e. The fourth-order valence-corrected chi connectivity index (χ4v) is 4.32. The maximum atomic E-state index is 12.7. The Balaban J connectivity index is 1.28. The highest BCUT2D eigenvalue weighted by Gasteiger charge is 2.39. The van der Waals surface area contributed by atoms with Gasteiger partial charge in [0.2, 0.25) is 11.8 Å². The molecule has 2 aliphatic rings. The van der Waals surface area contributed by atoms with Crippen molar-refractivity contribution in [1.82, 2.24) is 15.5 Å². The van der Waals surface area contributed by atoms with Crippen molar-refractivity contribution in [2.24, 2.45) is 0 Å². The van der Waals surface area contributed by atoms with Crippen LogP contribution >= 0.6 is 22.6 Å². The number of nitrogens with one attached hydrogen (secondary N) is 4. The van der Waals surface area contributed by atoms with Crippen molar-refractivity contribution in [3.8, 4) is 0 Å². The zero-order valence-electron chi connectivity index (χ0n) is 17.1. The third-order valence-corrected chi connectivity index (χ3v) is 6.33. The highest BCUT2D eigenvalue weighted by atomic mass is 127. The molecule has 1 atom stereocenters. The van der Waals surface area contributed by atoms with Crippen LogP contribution in [0, 0.1) is 3.57 Å². The fraction of sp³-hybridized carbons (Fsp3) is 0.273. The molecule has 1 unspecified atom stereocenters. The van der Waals surface area contributed by atoms with Gasteiger partial charge in [0.05, 0.1) is 5.69 Å². The number of hydrogen-bond donors (Lipinski definition) is 4. The lowest BCUT2D eigenvalue weighted by Crippen LogP contribution is -2.52. The normalized spacial score (nSPS) is 17.6. The Labute approximate surface area is 198 Å². The first-order chi connectivity index (χ1) is 15.4. The van der Waals surface area contributed by atoms with Crippen molar-refractivity contribution >= 4 is 57.7 Å². The summed E-state index contributed by atoms with van der Waals surface area (Å²) in [5.74, 6) is -0.923. The van der Waals surface area contributed by atoms with E-state index in [1.165, 1.54) is 4.90 Å². The summed E-state index contributed by atoms with van der Waals surface area (Å²) in [5, 5.41) is 11.1. The molecule has 32 heavy (non-hydrogen) atoms. The number of para-hydroxylation sites is 1. The molecule has 5 amide bonds. The zero-order chi connectivity index (χ0) is 22.7. The van der Waals surface area contributed by atoms with E-state index in [9.17, 15) is 19.2 Å². The predicted octanol–water partition coefficient (Wildman–Crippen LogP) is 2.29. The Hall–Kier alpha value is -3.15. The van der Waals surface area contributed by atoms with Gasteiger partial charge in [0, 0.05) is 40.9 Å². The summed E-state index contributed by atoms with van der Waals surface area (Å²) in [5.41, 5.74) is 2.97. The number of urea groups is 1. The molecule has 0 aliphatic carbocycles. The minimum Gasteiger partial charge on any atom is -0.383 e. The minimum absolute atomic E-state index is 0.199. The standard InChI is InChI=1S/C22H22IN5O4/c23-16-3-1-2-4-17(16)26-22(32)25-10-9-24-14-5-6-15-13(11-14)12-28(21(15)31)18-7-8-19(29)27-20(18)30/h1-6,11,18,24H,7-10,12H2,(H2,25,26,32)(H,27,29,30). The minimum atomic E-state index is -0.626. The van der Waals surface area contributed by atoms with E-state index in [-0.39, 0.29) is 24.3 Å². The molecule has 4 N–H and O–H groups in total. The topological polar surface area (TPSA) is 120 Å². The molecule has 2 aliphatic heterocycles. The molecule has 0 spiro atoms. The van der Waals surface area contributed by atoms with Gasteiger partial charge in [-0.25, -0.2) is 4.79 Å². The number of hydrogen-bond acceptors (Lipinski definition) is 5. The second kappa shape index (κ2) is 9.55. The van der Waals surface area contributed by atoms with Crippen LogP contribution in [0.2, 0.25) is 0 Å². The average Bonchev–Trinajstić information content (AvgIpc) is 3.08. The first-order valence-electron chi connectivity index (χ1n) is 10.2. The molecule has 0 aromatic heterocycles. The molecular weight excluding hydrogens is 525 g/mol. The molecule has 0 bridgehead atoms. The third-order valence-electron chi connectivity index (χ3n) is 5.39. The van der Waals surface area contributed by atoms with Gasteiger partial charge in [-0.1, -0.05) is 12.1 Å². The summed E-state index contributed by atoms with van der Waals surface area (Å²) >= 11 is 2.16. The van der Waals surface area contributed by atoms with Crippen LogP contribution in [0.15, 0.2) is 42.5 Å². The smallest absolute Gasteiger partial charge is 0.319 e. The van der Waals surface area contributed by atoms with E-state index >= 15 is 0 Å². The van der Waals surface area contributed by atoms with Crippen molar-refractivity contribution in [3.05, 3.63) is 57.2 Å². The second-order valence-electron chi connectivity index (χ2n) is 7.56. The molecule has 10 heteroatoms. The number of rotatable bonds is 6. The average molecular weight is 547 g/mol. The number of imide groups is 1. The van der Waals surface area contributed by atoms with Gasteiger partial charge >= 0.3 is 6.03 Å². The van der Waals surface area contributed by atoms with Crippen molar-refractivity contribution in [2.75, 3.05) is 23.7 Å². The number of halogens is 1. The number of benzene rings is 2. The number of carbonyl (C=O) groups is 4. The van der Waals surface area contributed by atoms with Gasteiger partial charge in [0.25, 0.3) is 5.91 Å². The first-order valence-corrected chi connectivity index (χ1v) is 11.3. The SMILES string of the molecule is O=C1CCC(N2Cc3cc(NCCNC(=O)Nc4ccccc4I)ccc3C2=O)C(=O)N1. The fourth-order valence-electron chi connectivity index (χ4n) is 3.80. The van der Waals surface area contributed by atoms with E-state index in [4.69, 9.17) is 0 Å². The number of nitrogens with zero attached hydrogens (tertiary/aromatic N) is 1. The molecule has 2 aromatic carbocycles. The number of amides is 5. The highest BCUT2D eigenvalue weighted by Crippen LogP contribution is 2.29. The Bertz CT molecular complexity index is 1090. The number of anilines is 2. The van der Waals surface area contributed by atoms with Crippen LogP contribution < -0.4 is 21.3 Å². The van der Waals surface area contributed by atoms with E-state index in [1.807, 2.05) is 30.3 Å². The number of piperidine rings is 1. The van der Waals surface area contributed by atoms with Crippen molar-refractivity contribution in [3.63, 3.8) is 0 Å². The van der Waals surface area contributed by atoms with E-state index in [0.29, 0.717) is 31.6 Å². The number of carbonyl (C=O) groups excluding carboxylic acids is 4. The summed E-state index contributed by atoms with van der Waals surface area (Å²) in [6, 6.07) is 12.0. The van der Waals surface area contributed by atoms with Gasteiger partial charge in [0.15, 0.2) is 0 Å². The Morgan fingerprint density at radius 3 is 2.72 bits per heavy atom. The van der Waals surface area contributed by atoms with Crippen LogP contribution in [-0.2, 0) is 16.1 Å². The summed E-state index contributed by atoms with van der Waals surface area (Å²) in [4.78, 5) is 49.8. The molecule has 0 radical (unpaired) electrons. The Morgan fingerprint density at radius 2 is 1.94 bits per heavy atom. The van der Waals surface area contributed by atoms with Crippen molar-refractivity contribution in [2.45, 2.75) is 25.4 Å². The molecule has 9 nitrogen and oxygen atoms in total. The third kappa shape index (κ3) is 4.85. The van der Waals surface area contributed by atoms with Gasteiger partial charge in [-0.15, -0.1) is 0 Å². The molecule has 2 heterocycles. The van der Waals surface area contributed by atoms with E-state index in [1.54, 1.807) is 12.1 Å². The van der Waals surface area contributed by atoms with Crippen LogP contribution in [0.3, 0.4) is 0 Å². The first kappa shape index (κ1) is 22.1. The summed E-state index contributed by atoms with van der Waals surface area (Å²) in [6.45, 7) is 1.24. The highest BCUT2D eigenvalue weighted by molar-refractivity contribution is 14.1. The molecule has 1 fully saturated rings. The van der Waals surface area contributed by atoms with Crippen LogP contribution in [-0.4, -0.2) is 47.8 Å². The van der Waals surface area contributed by atoms with Crippen molar-refractivity contribution in [1.29, 1.82) is 0 Å². The zero-order valence-corrected chi connectivity index (χ0v) is 19.3. The maximum absolute atomic E-state index is 12.7. The predicted molar refractivity (Wildman–Crippen MR) is 127 cm³/mol. The van der Waals surface area contributed by atoms with E-state index in [2.05, 4.69) is 43.9 Å². The van der Waals surface area contributed by atoms with Gasteiger partial charge in [0.1, 0.15) is 6.04 Å². The van der Waals surface area contributed by atoms with E-state index < -0.39 is 11.9 Å². The second-order valence-corrected chi connectivity index (χ2v) is 8.72. The van der Waals surface area contributed by atoms with Crippen LogP contribution in [0.4, 0.5) is 16.2 Å². The van der Waals surface area contributed by atoms with Gasteiger partial charge in [-0.2, -0.15) is 0 Å². The molecule has 2 aromatic rings. The summed E-state index contributed by atoms with van der Waals surface area (Å²) in [6.07, 6.45) is 0.568. The molecule has 166 valence electrons. The lowest BCUT2D eigenvalue weighted by molar-refractivity contribution is -0.136. The monoisotopic (exact) mass is 547 g/mol. The van der Waals surface area contributed by atoms with Gasteiger partial charge in [-0.3, -0.25) is 19.7 Å². The van der Waals surface area contributed by atoms with Crippen molar-refractivity contribution < 1.29 is 19.2 Å². The molecule has 4 rings (SSSR count). The van der Waals surface area contributed by atoms with Gasteiger partial charge < -0.3 is 20.9 Å². The number of fused-ring (bicyclic) bond motifs is 1.